The summed E-state index contributed by atoms with van der Waals surface area (Å²) in [6.07, 6.45) is -0.351. The Bertz CT molecular complexity index is 604. The minimum absolute atomic E-state index is 0.205. The van der Waals surface area contributed by atoms with E-state index in [1.54, 1.807) is 18.7 Å². The first-order chi connectivity index (χ1) is 11.4. The van der Waals surface area contributed by atoms with Gasteiger partial charge in [-0.3, -0.25) is 9.69 Å². The normalized spacial score (nSPS) is 16.6. The van der Waals surface area contributed by atoms with Gasteiger partial charge in [0.05, 0.1) is 12.6 Å². The summed E-state index contributed by atoms with van der Waals surface area (Å²) in [5, 5.41) is 2.57. The number of benzene rings is 1. The lowest BCUT2D eigenvalue weighted by Crippen LogP contribution is -2.54. The lowest BCUT2D eigenvalue weighted by atomic mass is 10.2. The Morgan fingerprint density at radius 1 is 1.21 bits per heavy atom. The lowest BCUT2D eigenvalue weighted by Gasteiger charge is -2.36. The maximum Gasteiger partial charge on any atom is 0.409 e. The van der Waals surface area contributed by atoms with E-state index in [1.807, 2.05) is 4.90 Å². The quantitative estimate of drug-likeness (QED) is 0.911. The number of ether oxygens (including phenoxy) is 1. The standard InChI is InChI=1S/C16H21F2N3O3/c1-3-24-16(23)21-8-6-20(7-9-21)11(2)15(22)19-12-4-5-13(17)14(18)10-12/h4-5,10-11H,3,6-9H2,1-2H3,(H,19,22). The molecule has 1 aromatic carbocycles. The van der Waals surface area contributed by atoms with Crippen molar-refractivity contribution in [1.82, 2.24) is 9.80 Å². The van der Waals surface area contributed by atoms with Gasteiger partial charge < -0.3 is 15.0 Å². The Morgan fingerprint density at radius 2 is 1.88 bits per heavy atom. The molecule has 1 unspecified atom stereocenters. The van der Waals surface area contributed by atoms with Crippen molar-refractivity contribution in [2.45, 2.75) is 19.9 Å². The van der Waals surface area contributed by atoms with Crippen LogP contribution in [0.5, 0.6) is 0 Å². The van der Waals surface area contributed by atoms with Crippen LogP contribution in [-0.2, 0) is 9.53 Å². The van der Waals surface area contributed by atoms with E-state index in [-0.39, 0.29) is 17.7 Å². The van der Waals surface area contributed by atoms with Crippen molar-refractivity contribution in [2.75, 3.05) is 38.1 Å². The van der Waals surface area contributed by atoms with Crippen molar-refractivity contribution in [3.8, 4) is 0 Å². The second kappa shape index (κ2) is 8.05. The number of rotatable bonds is 4. The molecule has 1 atom stereocenters. The first-order valence-corrected chi connectivity index (χ1v) is 7.84. The molecule has 8 heteroatoms. The average molecular weight is 341 g/mol. The van der Waals surface area contributed by atoms with Gasteiger partial charge in [-0.05, 0) is 26.0 Å². The third-order valence-corrected chi connectivity index (χ3v) is 3.95. The molecule has 2 rings (SSSR count). The first-order valence-electron chi connectivity index (χ1n) is 7.84. The van der Waals surface area contributed by atoms with Crippen LogP contribution in [0.3, 0.4) is 0 Å². The number of hydrogen-bond acceptors (Lipinski definition) is 4. The van der Waals surface area contributed by atoms with Crippen molar-refractivity contribution >= 4 is 17.7 Å². The van der Waals surface area contributed by atoms with Gasteiger partial charge in [-0.2, -0.15) is 0 Å². The van der Waals surface area contributed by atoms with Crippen LogP contribution in [-0.4, -0.2) is 60.6 Å². The summed E-state index contributed by atoms with van der Waals surface area (Å²) < 4.78 is 31.0. The molecule has 0 spiro atoms. The highest BCUT2D eigenvalue weighted by atomic mass is 19.2. The Hall–Kier alpha value is -2.22. The molecular weight excluding hydrogens is 320 g/mol. The largest absolute Gasteiger partial charge is 0.450 e. The number of nitrogens with zero attached hydrogens (tertiary/aromatic N) is 2. The molecule has 1 fully saturated rings. The third kappa shape index (κ3) is 4.41. The van der Waals surface area contributed by atoms with Gasteiger partial charge in [0, 0.05) is 37.9 Å². The van der Waals surface area contributed by atoms with E-state index in [0.717, 1.165) is 12.1 Å². The maximum atomic E-state index is 13.2. The van der Waals surface area contributed by atoms with Crippen LogP contribution in [0.15, 0.2) is 18.2 Å². The molecule has 1 aliphatic heterocycles. The Labute approximate surface area is 139 Å². The van der Waals surface area contributed by atoms with Crippen LogP contribution < -0.4 is 5.32 Å². The fourth-order valence-corrected chi connectivity index (χ4v) is 2.49. The molecule has 24 heavy (non-hydrogen) atoms. The summed E-state index contributed by atoms with van der Waals surface area (Å²) in [7, 11) is 0. The van der Waals surface area contributed by atoms with E-state index in [2.05, 4.69) is 5.32 Å². The molecule has 0 aromatic heterocycles. The van der Waals surface area contributed by atoms with E-state index < -0.39 is 17.7 Å². The van der Waals surface area contributed by atoms with Gasteiger partial charge in [0.1, 0.15) is 0 Å². The topological polar surface area (TPSA) is 61.9 Å². The predicted octanol–water partition coefficient (Wildman–Crippen LogP) is 2.07. The highest BCUT2D eigenvalue weighted by Gasteiger charge is 2.28. The number of halogens is 2. The molecule has 2 amide bonds. The fraction of sp³-hybridized carbons (Fsp3) is 0.500. The highest BCUT2D eigenvalue weighted by molar-refractivity contribution is 5.94. The number of carbonyl (C=O) groups is 2. The second-order valence-electron chi connectivity index (χ2n) is 5.52. The van der Waals surface area contributed by atoms with Gasteiger partial charge in [-0.15, -0.1) is 0 Å². The van der Waals surface area contributed by atoms with Crippen molar-refractivity contribution < 1.29 is 23.1 Å². The van der Waals surface area contributed by atoms with E-state index in [4.69, 9.17) is 4.74 Å². The minimum Gasteiger partial charge on any atom is -0.450 e. The van der Waals surface area contributed by atoms with Gasteiger partial charge in [0.15, 0.2) is 11.6 Å². The zero-order valence-electron chi connectivity index (χ0n) is 13.7. The van der Waals surface area contributed by atoms with E-state index in [9.17, 15) is 18.4 Å². The number of amides is 2. The Morgan fingerprint density at radius 3 is 2.46 bits per heavy atom. The summed E-state index contributed by atoms with van der Waals surface area (Å²) >= 11 is 0. The molecule has 0 saturated carbocycles. The van der Waals surface area contributed by atoms with E-state index >= 15 is 0 Å². The SMILES string of the molecule is CCOC(=O)N1CCN(C(C)C(=O)Nc2ccc(F)c(F)c2)CC1. The zero-order valence-corrected chi connectivity index (χ0v) is 13.7. The molecular formula is C16H21F2N3O3. The molecule has 1 aromatic rings. The van der Waals surface area contributed by atoms with Gasteiger partial charge >= 0.3 is 6.09 Å². The molecule has 132 valence electrons. The smallest absolute Gasteiger partial charge is 0.409 e. The van der Waals surface area contributed by atoms with Crippen LogP contribution in [0, 0.1) is 11.6 Å². The first kappa shape index (κ1) is 18.1. The van der Waals surface area contributed by atoms with Crippen LogP contribution in [0.2, 0.25) is 0 Å². The molecule has 1 heterocycles. The van der Waals surface area contributed by atoms with E-state index in [1.165, 1.54) is 6.07 Å². The van der Waals surface area contributed by atoms with Gasteiger partial charge in [0.25, 0.3) is 0 Å². The molecule has 0 bridgehead atoms. The fourth-order valence-electron chi connectivity index (χ4n) is 2.49. The Kier molecular flexibility index (Phi) is 6.08. The summed E-state index contributed by atoms with van der Waals surface area (Å²) in [6, 6.07) is 2.76. The number of nitrogens with one attached hydrogen (secondary N) is 1. The lowest BCUT2D eigenvalue weighted by molar-refractivity contribution is -0.121. The van der Waals surface area contributed by atoms with Crippen LogP contribution in [0.1, 0.15) is 13.8 Å². The molecule has 1 aliphatic rings. The minimum atomic E-state index is -1.01. The van der Waals surface area contributed by atoms with Crippen LogP contribution in [0.25, 0.3) is 0 Å². The number of hydrogen-bond donors (Lipinski definition) is 1. The average Bonchev–Trinajstić information content (AvgIpc) is 2.58. The summed E-state index contributed by atoms with van der Waals surface area (Å²) in [6.45, 7) is 5.82. The molecule has 1 saturated heterocycles. The van der Waals surface area contributed by atoms with Crippen molar-refractivity contribution in [2.24, 2.45) is 0 Å². The zero-order chi connectivity index (χ0) is 17.7. The third-order valence-electron chi connectivity index (χ3n) is 3.95. The van der Waals surface area contributed by atoms with Crippen LogP contribution in [0.4, 0.5) is 19.3 Å². The number of anilines is 1. The van der Waals surface area contributed by atoms with Gasteiger partial charge in [-0.1, -0.05) is 0 Å². The Balaban J connectivity index is 1.87. The molecule has 0 radical (unpaired) electrons. The van der Waals surface area contributed by atoms with Crippen molar-refractivity contribution in [1.29, 1.82) is 0 Å². The molecule has 0 aliphatic carbocycles. The molecule has 1 N–H and O–H groups in total. The summed E-state index contributed by atoms with van der Waals surface area (Å²) in [5.74, 6) is -2.29. The predicted molar refractivity (Wildman–Crippen MR) is 84.6 cm³/mol. The maximum absolute atomic E-state index is 13.2. The summed E-state index contributed by atoms with van der Waals surface area (Å²) in [5.41, 5.74) is 0.205. The van der Waals surface area contributed by atoms with Gasteiger partial charge in [0.2, 0.25) is 5.91 Å². The monoisotopic (exact) mass is 341 g/mol. The number of piperazine rings is 1. The van der Waals surface area contributed by atoms with Crippen molar-refractivity contribution in [3.05, 3.63) is 29.8 Å². The van der Waals surface area contributed by atoms with Crippen molar-refractivity contribution in [3.63, 3.8) is 0 Å². The molecule has 6 nitrogen and oxygen atoms in total. The number of carbonyl (C=O) groups excluding carboxylic acids is 2. The highest BCUT2D eigenvalue weighted by Crippen LogP contribution is 2.15. The summed E-state index contributed by atoms with van der Waals surface area (Å²) in [4.78, 5) is 27.4. The van der Waals surface area contributed by atoms with Crippen LogP contribution >= 0.6 is 0 Å². The second-order valence-corrected chi connectivity index (χ2v) is 5.52. The van der Waals surface area contributed by atoms with E-state index in [0.29, 0.717) is 32.8 Å². The van der Waals surface area contributed by atoms with Gasteiger partial charge in [-0.25, -0.2) is 13.6 Å².